The summed E-state index contributed by atoms with van der Waals surface area (Å²) in [6, 6.07) is 0. The first-order valence-corrected chi connectivity index (χ1v) is 5.64. The normalized spacial score (nSPS) is 34.0. The molecule has 0 aromatic rings. The molecule has 3 atom stereocenters. The predicted octanol–water partition coefficient (Wildman–Crippen LogP) is 0.613. The van der Waals surface area contributed by atoms with Crippen molar-refractivity contribution in [2.24, 2.45) is 5.92 Å². The molecule has 0 aliphatic carbocycles. The highest BCUT2D eigenvalue weighted by molar-refractivity contribution is 5.68. The zero-order chi connectivity index (χ0) is 11.9. The number of fused-ring (bicyclic) bond motifs is 1. The second-order valence-corrected chi connectivity index (χ2v) is 5.49. The van der Waals surface area contributed by atoms with E-state index in [1.165, 1.54) is 0 Å². The highest BCUT2D eigenvalue weighted by atomic mass is 16.6. The van der Waals surface area contributed by atoms with Crippen LogP contribution in [0.25, 0.3) is 0 Å². The summed E-state index contributed by atoms with van der Waals surface area (Å²) in [4.78, 5) is 13.4. The van der Waals surface area contributed by atoms with Crippen molar-refractivity contribution >= 4 is 6.09 Å². The van der Waals surface area contributed by atoms with Gasteiger partial charge in [-0.05, 0) is 20.8 Å². The molecular formula is C11H19NO4. The Morgan fingerprint density at radius 3 is 2.69 bits per heavy atom. The van der Waals surface area contributed by atoms with Crippen LogP contribution in [0.5, 0.6) is 0 Å². The SMILES string of the molecule is CC(C)(C)OC(=O)N1CC2C(O)CO[C@@H]2C1. The molecule has 0 bridgehead atoms. The Morgan fingerprint density at radius 1 is 1.44 bits per heavy atom. The van der Waals surface area contributed by atoms with Gasteiger partial charge < -0.3 is 19.5 Å². The standard InChI is InChI=1S/C11H19NO4/c1-11(2,3)16-10(14)12-4-7-8(13)6-15-9(7)5-12/h7-9,13H,4-6H2,1-3H3/t7?,8?,9-/m1/s1. The van der Waals surface area contributed by atoms with Gasteiger partial charge in [-0.15, -0.1) is 0 Å². The Kier molecular flexibility index (Phi) is 2.84. The smallest absolute Gasteiger partial charge is 0.410 e. The summed E-state index contributed by atoms with van der Waals surface area (Å²) >= 11 is 0. The summed E-state index contributed by atoms with van der Waals surface area (Å²) in [7, 11) is 0. The minimum absolute atomic E-state index is 0.0254. The zero-order valence-electron chi connectivity index (χ0n) is 9.97. The number of aliphatic hydroxyl groups is 1. The van der Waals surface area contributed by atoms with E-state index < -0.39 is 11.7 Å². The number of nitrogens with zero attached hydrogens (tertiary/aromatic N) is 1. The third-order valence-electron chi connectivity index (χ3n) is 2.94. The van der Waals surface area contributed by atoms with Gasteiger partial charge in [0.25, 0.3) is 0 Å². The van der Waals surface area contributed by atoms with Crippen molar-refractivity contribution in [1.82, 2.24) is 4.90 Å². The number of hydrogen-bond donors (Lipinski definition) is 1. The van der Waals surface area contributed by atoms with Gasteiger partial charge in [-0.3, -0.25) is 0 Å². The van der Waals surface area contributed by atoms with E-state index in [1.807, 2.05) is 20.8 Å². The summed E-state index contributed by atoms with van der Waals surface area (Å²) in [5, 5.41) is 9.63. The molecule has 1 N–H and O–H groups in total. The fourth-order valence-corrected chi connectivity index (χ4v) is 2.17. The van der Waals surface area contributed by atoms with Crippen LogP contribution in [-0.4, -0.2) is 53.6 Å². The maximum atomic E-state index is 11.8. The van der Waals surface area contributed by atoms with Gasteiger partial charge in [0.05, 0.1) is 25.4 Å². The van der Waals surface area contributed by atoms with E-state index in [2.05, 4.69) is 0 Å². The third-order valence-corrected chi connectivity index (χ3v) is 2.94. The number of rotatable bonds is 0. The molecule has 0 aromatic heterocycles. The molecule has 92 valence electrons. The van der Waals surface area contributed by atoms with E-state index in [9.17, 15) is 9.90 Å². The van der Waals surface area contributed by atoms with E-state index in [0.717, 1.165) is 0 Å². The lowest BCUT2D eigenvalue weighted by Gasteiger charge is -2.25. The number of carbonyl (C=O) groups excluding carboxylic acids is 1. The molecule has 0 saturated carbocycles. The number of carbonyl (C=O) groups is 1. The van der Waals surface area contributed by atoms with Gasteiger partial charge in [0.2, 0.25) is 0 Å². The molecule has 5 nitrogen and oxygen atoms in total. The van der Waals surface area contributed by atoms with Crippen molar-refractivity contribution in [1.29, 1.82) is 0 Å². The van der Waals surface area contributed by atoms with Crippen molar-refractivity contribution in [3.8, 4) is 0 Å². The molecule has 2 aliphatic rings. The Morgan fingerprint density at radius 2 is 2.12 bits per heavy atom. The molecular weight excluding hydrogens is 210 g/mol. The van der Waals surface area contributed by atoms with Gasteiger partial charge in [0, 0.05) is 12.5 Å². The van der Waals surface area contributed by atoms with Gasteiger partial charge in [0.1, 0.15) is 5.60 Å². The highest BCUT2D eigenvalue weighted by Gasteiger charge is 2.45. The maximum absolute atomic E-state index is 11.8. The minimum Gasteiger partial charge on any atom is -0.444 e. The van der Waals surface area contributed by atoms with Gasteiger partial charge in [-0.25, -0.2) is 4.79 Å². The molecule has 2 aliphatic heterocycles. The zero-order valence-corrected chi connectivity index (χ0v) is 9.97. The first-order chi connectivity index (χ1) is 7.37. The molecule has 16 heavy (non-hydrogen) atoms. The number of hydrogen-bond acceptors (Lipinski definition) is 4. The van der Waals surface area contributed by atoms with Crippen LogP contribution in [-0.2, 0) is 9.47 Å². The number of amides is 1. The molecule has 5 heteroatoms. The second-order valence-electron chi connectivity index (χ2n) is 5.49. The average Bonchev–Trinajstić information content (AvgIpc) is 2.65. The van der Waals surface area contributed by atoms with Crippen molar-refractivity contribution in [2.45, 2.75) is 38.6 Å². The lowest BCUT2D eigenvalue weighted by molar-refractivity contribution is 0.0192. The molecule has 0 spiro atoms. The van der Waals surface area contributed by atoms with Crippen LogP contribution in [0.4, 0.5) is 4.79 Å². The first-order valence-electron chi connectivity index (χ1n) is 5.64. The molecule has 2 heterocycles. The summed E-state index contributed by atoms with van der Waals surface area (Å²) in [5.41, 5.74) is -0.478. The molecule has 0 radical (unpaired) electrons. The molecule has 2 saturated heterocycles. The van der Waals surface area contributed by atoms with E-state index in [0.29, 0.717) is 19.7 Å². The van der Waals surface area contributed by atoms with Crippen molar-refractivity contribution < 1.29 is 19.4 Å². The summed E-state index contributed by atoms with van der Waals surface area (Å²) < 4.78 is 10.7. The second kappa shape index (κ2) is 3.89. The quantitative estimate of drug-likeness (QED) is 0.661. The topological polar surface area (TPSA) is 59.0 Å². The first kappa shape index (κ1) is 11.7. The Hall–Kier alpha value is -0.810. The average molecular weight is 229 g/mol. The predicted molar refractivity (Wildman–Crippen MR) is 57.0 cm³/mol. The Bertz CT molecular complexity index is 286. The van der Waals surface area contributed by atoms with Crippen LogP contribution < -0.4 is 0 Å². The van der Waals surface area contributed by atoms with E-state index in [-0.39, 0.29) is 18.1 Å². The van der Waals surface area contributed by atoms with Crippen LogP contribution in [0.1, 0.15) is 20.8 Å². The van der Waals surface area contributed by atoms with Gasteiger partial charge in [0.15, 0.2) is 0 Å². The van der Waals surface area contributed by atoms with Crippen LogP contribution in [0.15, 0.2) is 0 Å². The monoisotopic (exact) mass is 229 g/mol. The van der Waals surface area contributed by atoms with Gasteiger partial charge in [-0.2, -0.15) is 0 Å². The fourth-order valence-electron chi connectivity index (χ4n) is 2.17. The molecule has 2 unspecified atom stereocenters. The lowest BCUT2D eigenvalue weighted by Crippen LogP contribution is -2.37. The number of aliphatic hydroxyl groups excluding tert-OH is 1. The summed E-state index contributed by atoms with van der Waals surface area (Å²) in [5.74, 6) is 0.0486. The summed E-state index contributed by atoms with van der Waals surface area (Å²) in [6.45, 7) is 6.96. The summed E-state index contributed by atoms with van der Waals surface area (Å²) in [6.07, 6.45) is -0.794. The fraction of sp³-hybridized carbons (Fsp3) is 0.909. The van der Waals surface area contributed by atoms with Crippen molar-refractivity contribution in [3.05, 3.63) is 0 Å². The highest BCUT2D eigenvalue weighted by Crippen LogP contribution is 2.30. The van der Waals surface area contributed by atoms with Gasteiger partial charge >= 0.3 is 6.09 Å². The number of likely N-dealkylation sites (tertiary alicyclic amines) is 1. The van der Waals surface area contributed by atoms with Crippen LogP contribution >= 0.6 is 0 Å². The van der Waals surface area contributed by atoms with Crippen LogP contribution in [0.3, 0.4) is 0 Å². The minimum atomic E-state index is -0.478. The van der Waals surface area contributed by atoms with E-state index in [4.69, 9.17) is 9.47 Å². The molecule has 0 aromatic carbocycles. The van der Waals surface area contributed by atoms with Crippen LogP contribution in [0, 0.1) is 5.92 Å². The van der Waals surface area contributed by atoms with Crippen molar-refractivity contribution in [3.63, 3.8) is 0 Å². The Balaban J connectivity index is 1.92. The van der Waals surface area contributed by atoms with Crippen molar-refractivity contribution in [2.75, 3.05) is 19.7 Å². The molecule has 1 amide bonds. The lowest BCUT2D eigenvalue weighted by atomic mass is 10.0. The molecule has 2 rings (SSSR count). The third kappa shape index (κ3) is 2.30. The van der Waals surface area contributed by atoms with E-state index in [1.54, 1.807) is 4.90 Å². The number of ether oxygens (including phenoxy) is 2. The Labute approximate surface area is 95.3 Å². The van der Waals surface area contributed by atoms with Gasteiger partial charge in [-0.1, -0.05) is 0 Å². The maximum Gasteiger partial charge on any atom is 0.410 e. The van der Waals surface area contributed by atoms with Crippen LogP contribution in [0.2, 0.25) is 0 Å². The largest absolute Gasteiger partial charge is 0.444 e. The van der Waals surface area contributed by atoms with E-state index >= 15 is 0 Å². The molecule has 2 fully saturated rings.